The summed E-state index contributed by atoms with van der Waals surface area (Å²) in [6.07, 6.45) is 4.81. The van der Waals surface area contributed by atoms with Gasteiger partial charge in [0.25, 0.3) is 5.91 Å². The molecule has 0 spiro atoms. The number of halogens is 3. The van der Waals surface area contributed by atoms with Gasteiger partial charge in [0.1, 0.15) is 5.82 Å². The molecule has 1 unspecified atom stereocenters. The van der Waals surface area contributed by atoms with E-state index in [0.717, 1.165) is 18.3 Å². The number of H-pyrrole nitrogens is 1. The highest BCUT2D eigenvalue weighted by molar-refractivity contribution is 7.93. The number of sulfonamides is 1. The number of para-hydroxylation sites is 1. The van der Waals surface area contributed by atoms with Crippen LogP contribution < -0.4 is 4.72 Å². The van der Waals surface area contributed by atoms with Crippen LogP contribution in [0.1, 0.15) is 34.9 Å². The average molecular weight is 402 g/mol. The van der Waals surface area contributed by atoms with E-state index < -0.39 is 27.1 Å². The molecule has 0 aliphatic carbocycles. The third-order valence-electron chi connectivity index (χ3n) is 4.32. The van der Waals surface area contributed by atoms with Crippen molar-refractivity contribution in [3.63, 3.8) is 0 Å². The molecule has 1 atom stereocenters. The highest BCUT2D eigenvalue weighted by Crippen LogP contribution is 2.29. The van der Waals surface area contributed by atoms with Crippen molar-refractivity contribution in [2.45, 2.75) is 24.3 Å². The number of imidazole rings is 1. The number of hydrogen-bond acceptors (Lipinski definition) is 4. The van der Waals surface area contributed by atoms with E-state index in [1.54, 1.807) is 12.4 Å². The summed E-state index contributed by atoms with van der Waals surface area (Å²) in [5.41, 5.74) is -6.01. The van der Waals surface area contributed by atoms with E-state index in [1.807, 2.05) is 0 Å². The van der Waals surface area contributed by atoms with Crippen molar-refractivity contribution in [3.8, 4) is 0 Å². The molecule has 146 valence electrons. The minimum atomic E-state index is -5.62. The van der Waals surface area contributed by atoms with Gasteiger partial charge in [-0.1, -0.05) is 12.1 Å². The molecule has 1 saturated heterocycles. The maximum atomic E-state index is 12.9. The fourth-order valence-corrected chi connectivity index (χ4v) is 3.60. The largest absolute Gasteiger partial charge is 0.516 e. The molecule has 2 aromatic rings. The van der Waals surface area contributed by atoms with Crippen LogP contribution in [-0.2, 0) is 10.0 Å². The number of aromatic nitrogens is 2. The van der Waals surface area contributed by atoms with Gasteiger partial charge in [-0.05, 0) is 25.0 Å². The Kier molecular flexibility index (Phi) is 5.13. The molecule has 11 heteroatoms. The van der Waals surface area contributed by atoms with Gasteiger partial charge < -0.3 is 9.88 Å². The first-order valence-electron chi connectivity index (χ1n) is 8.16. The maximum Gasteiger partial charge on any atom is 0.516 e. The maximum absolute atomic E-state index is 12.9. The number of carbonyl (C=O) groups excluding carboxylic acids is 1. The summed E-state index contributed by atoms with van der Waals surface area (Å²) in [6, 6.07) is 5.25. The predicted octanol–water partition coefficient (Wildman–Crippen LogP) is 2.69. The number of amides is 1. The molecule has 1 aromatic carbocycles. The summed E-state index contributed by atoms with van der Waals surface area (Å²) in [6.45, 7) is 0.767. The monoisotopic (exact) mass is 402 g/mol. The van der Waals surface area contributed by atoms with Gasteiger partial charge in [0, 0.05) is 31.4 Å². The molecular weight excluding hydrogens is 385 g/mol. The second-order valence-corrected chi connectivity index (χ2v) is 7.84. The number of likely N-dealkylation sites (tertiary alicyclic amines) is 1. The molecule has 0 saturated carbocycles. The lowest BCUT2D eigenvalue weighted by Crippen LogP contribution is -2.40. The Morgan fingerprint density at radius 2 is 2.04 bits per heavy atom. The van der Waals surface area contributed by atoms with Gasteiger partial charge in [-0.25, -0.2) is 4.98 Å². The van der Waals surface area contributed by atoms with Gasteiger partial charge in [-0.15, -0.1) is 0 Å². The van der Waals surface area contributed by atoms with Crippen LogP contribution >= 0.6 is 0 Å². The first-order chi connectivity index (χ1) is 12.7. The van der Waals surface area contributed by atoms with Crippen LogP contribution in [0.5, 0.6) is 0 Å². The molecule has 2 N–H and O–H groups in total. The number of piperidine rings is 1. The lowest BCUT2D eigenvalue weighted by Gasteiger charge is -2.32. The summed E-state index contributed by atoms with van der Waals surface area (Å²) < 4.78 is 62.3. The van der Waals surface area contributed by atoms with Crippen LogP contribution in [-0.4, -0.2) is 47.8 Å². The molecule has 1 amide bonds. The van der Waals surface area contributed by atoms with Gasteiger partial charge in [0.2, 0.25) is 0 Å². The SMILES string of the molecule is O=C(c1ccccc1NS(=O)(=O)C(F)(F)F)N1CCCC(c2ncc[nH]2)C1. The van der Waals surface area contributed by atoms with E-state index in [9.17, 15) is 26.4 Å². The smallest absolute Gasteiger partial charge is 0.348 e. The van der Waals surface area contributed by atoms with E-state index in [2.05, 4.69) is 9.97 Å². The lowest BCUT2D eigenvalue weighted by molar-refractivity contribution is -0.0429. The standard InChI is InChI=1S/C16H17F3N4O3S/c17-16(18,19)27(25,26)22-13-6-2-1-5-12(13)15(24)23-9-3-4-11(10-23)14-20-7-8-21-14/h1-2,5-8,11,22H,3-4,9-10H2,(H,20,21). The minimum absolute atomic E-state index is 0.0169. The van der Waals surface area contributed by atoms with E-state index in [1.165, 1.54) is 27.8 Å². The highest BCUT2D eigenvalue weighted by Gasteiger charge is 2.46. The number of benzene rings is 1. The zero-order chi connectivity index (χ0) is 19.7. The number of carbonyl (C=O) groups is 1. The van der Waals surface area contributed by atoms with Crippen molar-refractivity contribution < 1.29 is 26.4 Å². The predicted molar refractivity (Wildman–Crippen MR) is 91.5 cm³/mol. The van der Waals surface area contributed by atoms with E-state index in [-0.39, 0.29) is 11.5 Å². The van der Waals surface area contributed by atoms with Crippen molar-refractivity contribution >= 4 is 21.6 Å². The number of rotatable bonds is 4. The third-order valence-corrected chi connectivity index (χ3v) is 5.42. The molecule has 27 heavy (non-hydrogen) atoms. The van der Waals surface area contributed by atoms with Crippen molar-refractivity contribution in [1.82, 2.24) is 14.9 Å². The molecule has 1 aliphatic rings. The number of alkyl halides is 3. The first kappa shape index (κ1) is 19.2. The average Bonchev–Trinajstić information content (AvgIpc) is 3.15. The van der Waals surface area contributed by atoms with Crippen LogP contribution in [0.3, 0.4) is 0 Å². The second-order valence-electron chi connectivity index (χ2n) is 6.16. The molecule has 7 nitrogen and oxygen atoms in total. The van der Waals surface area contributed by atoms with Crippen molar-refractivity contribution in [2.75, 3.05) is 17.8 Å². The summed E-state index contributed by atoms with van der Waals surface area (Å²) in [7, 11) is -5.62. The summed E-state index contributed by atoms with van der Waals surface area (Å²) in [5, 5.41) is 0. The Bertz CT molecular complexity index is 913. The van der Waals surface area contributed by atoms with E-state index in [4.69, 9.17) is 0 Å². The topological polar surface area (TPSA) is 95.2 Å². The lowest BCUT2D eigenvalue weighted by atomic mass is 9.96. The Hall–Kier alpha value is -2.56. The van der Waals surface area contributed by atoms with Crippen molar-refractivity contribution in [3.05, 3.63) is 48.0 Å². The molecule has 1 aliphatic heterocycles. The van der Waals surface area contributed by atoms with Gasteiger partial charge in [-0.2, -0.15) is 21.6 Å². The van der Waals surface area contributed by atoms with Crippen LogP contribution in [0.4, 0.5) is 18.9 Å². The molecule has 0 bridgehead atoms. The number of nitrogens with zero attached hydrogens (tertiary/aromatic N) is 2. The fourth-order valence-electron chi connectivity index (χ4n) is 3.02. The molecule has 3 rings (SSSR count). The van der Waals surface area contributed by atoms with Crippen LogP contribution in [0.25, 0.3) is 0 Å². The van der Waals surface area contributed by atoms with Crippen molar-refractivity contribution in [1.29, 1.82) is 0 Å². The normalized spacial score (nSPS) is 18.3. The minimum Gasteiger partial charge on any atom is -0.348 e. The molecule has 1 fully saturated rings. The highest BCUT2D eigenvalue weighted by atomic mass is 32.2. The van der Waals surface area contributed by atoms with Crippen molar-refractivity contribution in [2.24, 2.45) is 0 Å². The zero-order valence-corrected chi connectivity index (χ0v) is 14.8. The second kappa shape index (κ2) is 7.22. The number of nitrogens with one attached hydrogen (secondary N) is 2. The molecule has 0 radical (unpaired) electrons. The number of anilines is 1. The van der Waals surface area contributed by atoms with Crippen LogP contribution in [0.15, 0.2) is 36.7 Å². The molecule has 1 aromatic heterocycles. The fraction of sp³-hybridized carbons (Fsp3) is 0.375. The Morgan fingerprint density at radius 1 is 1.30 bits per heavy atom. The third kappa shape index (κ3) is 4.07. The number of hydrogen-bond donors (Lipinski definition) is 2. The van der Waals surface area contributed by atoms with E-state index in [0.29, 0.717) is 19.5 Å². The van der Waals surface area contributed by atoms with Crippen LogP contribution in [0.2, 0.25) is 0 Å². The quantitative estimate of drug-likeness (QED) is 0.822. The Labute approximate surface area is 153 Å². The summed E-state index contributed by atoms with van der Waals surface area (Å²) in [4.78, 5) is 21.5. The molecule has 2 heterocycles. The number of aromatic amines is 1. The van der Waals surface area contributed by atoms with Crippen LogP contribution in [0, 0.1) is 0 Å². The Morgan fingerprint density at radius 3 is 2.70 bits per heavy atom. The van der Waals surface area contributed by atoms with Gasteiger partial charge in [-0.3, -0.25) is 9.52 Å². The summed E-state index contributed by atoms with van der Waals surface area (Å²) >= 11 is 0. The Balaban J connectivity index is 1.83. The first-order valence-corrected chi connectivity index (χ1v) is 9.64. The summed E-state index contributed by atoms with van der Waals surface area (Å²) in [5.74, 6) is 0.182. The van der Waals surface area contributed by atoms with Gasteiger partial charge in [0.05, 0.1) is 11.3 Å². The van der Waals surface area contributed by atoms with Gasteiger partial charge in [0.15, 0.2) is 0 Å². The molecular formula is C16H17F3N4O3S. The van der Waals surface area contributed by atoms with E-state index >= 15 is 0 Å². The zero-order valence-electron chi connectivity index (χ0n) is 14.0. The van der Waals surface area contributed by atoms with Gasteiger partial charge >= 0.3 is 15.5 Å².